The summed E-state index contributed by atoms with van der Waals surface area (Å²) in [6.07, 6.45) is 2.66. The fraction of sp³-hybridized carbons (Fsp3) is 0.323. The first-order valence-electron chi connectivity index (χ1n) is 14.2. The summed E-state index contributed by atoms with van der Waals surface area (Å²) in [4.78, 5) is 22.5. The molecule has 0 unspecified atom stereocenters. The lowest BCUT2D eigenvalue weighted by molar-refractivity contribution is -0.147. The van der Waals surface area contributed by atoms with E-state index >= 15 is 4.39 Å². The molecule has 0 saturated carbocycles. The number of rotatable bonds is 7. The van der Waals surface area contributed by atoms with Gasteiger partial charge in [0.15, 0.2) is 6.10 Å². The SMILES string of the molecule is CC(=O)O[C@@H]1COc2c1cc(Cl)cc2S(=O)(=O)Nc1cccc(-c2ccc3nc(NC4CCN(C)CC4)ncc3c2F)c1C. The number of piperidine rings is 1. The number of hydrogen-bond donors (Lipinski definition) is 2. The van der Waals surface area contributed by atoms with E-state index in [4.69, 9.17) is 21.1 Å². The van der Waals surface area contributed by atoms with Crippen LogP contribution in [0.1, 0.15) is 37.0 Å². The van der Waals surface area contributed by atoms with E-state index in [1.807, 2.05) is 0 Å². The van der Waals surface area contributed by atoms with Gasteiger partial charge in [-0.15, -0.1) is 0 Å². The third-order valence-corrected chi connectivity index (χ3v) is 9.58. The van der Waals surface area contributed by atoms with Crippen molar-refractivity contribution < 1.29 is 27.1 Å². The number of likely N-dealkylation sites (tertiary alicyclic amines) is 1. The van der Waals surface area contributed by atoms with E-state index in [2.05, 4.69) is 32.0 Å². The number of halogens is 2. The number of nitrogens with one attached hydrogen (secondary N) is 2. The smallest absolute Gasteiger partial charge is 0.303 e. The van der Waals surface area contributed by atoms with Gasteiger partial charge in [0, 0.05) is 35.3 Å². The monoisotopic (exact) mass is 639 g/mol. The van der Waals surface area contributed by atoms with Crippen LogP contribution < -0.4 is 14.8 Å². The van der Waals surface area contributed by atoms with Crippen molar-refractivity contribution in [3.63, 3.8) is 0 Å². The zero-order valence-corrected chi connectivity index (χ0v) is 25.9. The number of ether oxygens (including phenoxy) is 2. The maximum absolute atomic E-state index is 15.9. The second kappa shape index (κ2) is 11.8. The van der Waals surface area contributed by atoms with Crippen molar-refractivity contribution in [2.45, 2.75) is 43.7 Å². The molecule has 2 aliphatic heterocycles. The number of anilines is 2. The van der Waals surface area contributed by atoms with Crippen molar-refractivity contribution >= 4 is 50.1 Å². The molecule has 2 N–H and O–H groups in total. The second-order valence-electron chi connectivity index (χ2n) is 11.1. The van der Waals surface area contributed by atoms with Gasteiger partial charge >= 0.3 is 5.97 Å². The molecule has 0 amide bonds. The molecule has 1 aromatic heterocycles. The number of nitrogens with zero attached hydrogens (tertiary/aromatic N) is 3. The average molecular weight is 640 g/mol. The maximum Gasteiger partial charge on any atom is 0.303 e. The normalized spacial score (nSPS) is 17.2. The first-order valence-corrected chi connectivity index (χ1v) is 16.0. The Balaban J connectivity index is 1.29. The number of carbonyl (C=O) groups is 1. The highest BCUT2D eigenvalue weighted by molar-refractivity contribution is 7.92. The summed E-state index contributed by atoms with van der Waals surface area (Å²) >= 11 is 6.26. The summed E-state index contributed by atoms with van der Waals surface area (Å²) in [6, 6.07) is 11.4. The summed E-state index contributed by atoms with van der Waals surface area (Å²) in [5.74, 6) is -0.512. The predicted molar refractivity (Wildman–Crippen MR) is 166 cm³/mol. The molecule has 3 aromatic carbocycles. The van der Waals surface area contributed by atoms with Crippen LogP contribution in [0.25, 0.3) is 22.0 Å². The van der Waals surface area contributed by atoms with Gasteiger partial charge in [-0.25, -0.2) is 22.8 Å². The number of sulfonamides is 1. The molecule has 10 nitrogen and oxygen atoms in total. The van der Waals surface area contributed by atoms with Crippen LogP contribution in [0.4, 0.5) is 16.0 Å². The van der Waals surface area contributed by atoms with Crippen LogP contribution in [0, 0.1) is 12.7 Å². The number of carbonyl (C=O) groups excluding carboxylic acids is 1. The summed E-state index contributed by atoms with van der Waals surface area (Å²) in [7, 11) is -2.13. The molecule has 1 saturated heterocycles. The Morgan fingerprint density at radius 2 is 1.93 bits per heavy atom. The standard InChI is InChI=1S/C31H31ClFN5O5S/c1-17-21(22-7-8-26-24(29(22)33)15-34-31(36-26)35-20-9-11-38(3)12-10-20)5-4-6-25(17)37-44(40,41)28-14-19(32)13-23-27(43-18(2)39)16-42-30(23)28/h4-8,13-15,20,27,37H,9-12,16H2,1-3H3,(H,34,35,36)/t27-/m1/s1. The first kappa shape index (κ1) is 30.0. The number of benzene rings is 3. The van der Waals surface area contributed by atoms with Crippen molar-refractivity contribution in [3.05, 3.63) is 70.6 Å². The third-order valence-electron chi connectivity index (χ3n) is 7.99. The zero-order chi connectivity index (χ0) is 31.2. The Morgan fingerprint density at radius 3 is 2.68 bits per heavy atom. The molecule has 1 fully saturated rings. The molecule has 13 heteroatoms. The van der Waals surface area contributed by atoms with E-state index in [9.17, 15) is 13.2 Å². The van der Waals surface area contributed by atoms with Gasteiger partial charge in [0.05, 0.1) is 16.6 Å². The Bertz CT molecular complexity index is 1880. The summed E-state index contributed by atoms with van der Waals surface area (Å²) in [6.45, 7) is 4.91. The van der Waals surface area contributed by atoms with Gasteiger partial charge in [0.25, 0.3) is 10.0 Å². The van der Waals surface area contributed by atoms with Gasteiger partial charge in [-0.05, 0) is 81.4 Å². The number of fused-ring (bicyclic) bond motifs is 2. The van der Waals surface area contributed by atoms with E-state index in [1.165, 1.54) is 25.3 Å². The number of aromatic nitrogens is 2. The molecular formula is C31H31ClFN5O5S. The molecule has 230 valence electrons. The molecule has 6 rings (SSSR count). The Kier molecular flexibility index (Phi) is 8.08. The van der Waals surface area contributed by atoms with E-state index in [-0.39, 0.29) is 45.0 Å². The maximum atomic E-state index is 15.9. The summed E-state index contributed by atoms with van der Waals surface area (Å²) in [5.41, 5.74) is 2.37. The fourth-order valence-electron chi connectivity index (χ4n) is 5.65. The van der Waals surface area contributed by atoms with Gasteiger partial charge in [0.2, 0.25) is 5.95 Å². The minimum absolute atomic E-state index is 0.0347. The molecule has 2 aliphatic rings. The topological polar surface area (TPSA) is 123 Å². The minimum Gasteiger partial charge on any atom is -0.487 e. The van der Waals surface area contributed by atoms with Crippen LogP contribution in [0.15, 0.2) is 53.6 Å². The predicted octanol–water partition coefficient (Wildman–Crippen LogP) is 5.70. The summed E-state index contributed by atoms with van der Waals surface area (Å²) < 4.78 is 56.6. The van der Waals surface area contributed by atoms with Gasteiger partial charge < -0.3 is 19.7 Å². The molecule has 44 heavy (non-hydrogen) atoms. The van der Waals surface area contributed by atoms with E-state index in [0.717, 1.165) is 25.9 Å². The zero-order valence-electron chi connectivity index (χ0n) is 24.4. The molecule has 0 bridgehead atoms. The highest BCUT2D eigenvalue weighted by atomic mass is 35.5. The molecule has 1 atom stereocenters. The quantitative estimate of drug-likeness (QED) is 0.245. The minimum atomic E-state index is -4.22. The van der Waals surface area contributed by atoms with Crippen LogP contribution in [0.3, 0.4) is 0 Å². The fourth-order valence-corrected chi connectivity index (χ4v) is 7.27. The van der Waals surface area contributed by atoms with E-state index < -0.39 is 27.9 Å². The first-order chi connectivity index (χ1) is 21.0. The van der Waals surface area contributed by atoms with Crippen LogP contribution in [0.2, 0.25) is 5.02 Å². The lowest BCUT2D eigenvalue weighted by Gasteiger charge is -2.29. The molecule has 0 radical (unpaired) electrons. The van der Waals surface area contributed by atoms with Crippen molar-refractivity contribution in [2.24, 2.45) is 0 Å². The van der Waals surface area contributed by atoms with Gasteiger partial charge in [-0.2, -0.15) is 0 Å². The highest BCUT2D eigenvalue weighted by Gasteiger charge is 2.34. The highest BCUT2D eigenvalue weighted by Crippen LogP contribution is 2.43. The van der Waals surface area contributed by atoms with Crippen molar-refractivity contribution in [1.82, 2.24) is 14.9 Å². The van der Waals surface area contributed by atoms with Gasteiger partial charge in [0.1, 0.15) is 23.1 Å². The van der Waals surface area contributed by atoms with Crippen LogP contribution in [-0.4, -0.2) is 62.0 Å². The van der Waals surface area contributed by atoms with E-state index in [0.29, 0.717) is 28.2 Å². The van der Waals surface area contributed by atoms with Crippen molar-refractivity contribution in [2.75, 3.05) is 36.8 Å². The Labute approximate surface area is 259 Å². The van der Waals surface area contributed by atoms with Gasteiger partial charge in [-0.1, -0.05) is 23.7 Å². The molecular weight excluding hydrogens is 609 g/mol. The van der Waals surface area contributed by atoms with Crippen LogP contribution in [-0.2, 0) is 19.6 Å². The molecule has 0 spiro atoms. The lowest BCUT2D eigenvalue weighted by atomic mass is 9.97. The molecule has 3 heterocycles. The number of hydrogen-bond acceptors (Lipinski definition) is 9. The second-order valence-corrected chi connectivity index (χ2v) is 13.2. The largest absolute Gasteiger partial charge is 0.487 e. The van der Waals surface area contributed by atoms with Gasteiger partial charge in [-0.3, -0.25) is 9.52 Å². The number of esters is 1. The average Bonchev–Trinajstić information content (AvgIpc) is 3.36. The van der Waals surface area contributed by atoms with E-state index in [1.54, 1.807) is 37.3 Å². The Hall–Kier alpha value is -4.00. The Morgan fingerprint density at radius 1 is 1.16 bits per heavy atom. The third kappa shape index (κ3) is 5.89. The van der Waals surface area contributed by atoms with Crippen molar-refractivity contribution in [1.29, 1.82) is 0 Å². The van der Waals surface area contributed by atoms with Crippen LogP contribution >= 0.6 is 11.6 Å². The lowest BCUT2D eigenvalue weighted by Crippen LogP contribution is -2.37. The molecule has 4 aromatic rings. The summed E-state index contributed by atoms with van der Waals surface area (Å²) in [5, 5.41) is 3.77. The van der Waals surface area contributed by atoms with Crippen molar-refractivity contribution in [3.8, 4) is 16.9 Å². The van der Waals surface area contributed by atoms with Crippen LogP contribution in [0.5, 0.6) is 5.75 Å². The molecule has 0 aliphatic carbocycles.